The highest BCUT2D eigenvalue weighted by Gasteiger charge is 2.17. The average Bonchev–Trinajstić information content (AvgIpc) is 2.38. The molecule has 0 radical (unpaired) electrons. The summed E-state index contributed by atoms with van der Waals surface area (Å²) in [5.41, 5.74) is 1.95. The Morgan fingerprint density at radius 3 is 2.78 bits per heavy atom. The summed E-state index contributed by atoms with van der Waals surface area (Å²) in [4.78, 5) is 0. The first-order valence-electron chi connectivity index (χ1n) is 6.23. The van der Waals surface area contributed by atoms with Crippen LogP contribution in [0.1, 0.15) is 24.3 Å². The number of rotatable bonds is 3. The lowest BCUT2D eigenvalue weighted by Gasteiger charge is -2.24. The van der Waals surface area contributed by atoms with E-state index in [0.29, 0.717) is 5.92 Å². The van der Waals surface area contributed by atoms with Crippen LogP contribution in [0.3, 0.4) is 0 Å². The van der Waals surface area contributed by atoms with Gasteiger partial charge < -0.3 is 5.32 Å². The van der Waals surface area contributed by atoms with Gasteiger partial charge in [-0.1, -0.05) is 12.1 Å². The molecule has 2 rings (SSSR count). The van der Waals surface area contributed by atoms with Gasteiger partial charge in [-0.15, -0.1) is 0 Å². The summed E-state index contributed by atoms with van der Waals surface area (Å²) in [6.45, 7) is 2.06. The van der Waals surface area contributed by atoms with Gasteiger partial charge in [0.25, 0.3) is 0 Å². The SMILES string of the molecule is CN(c1cccc(C2CCCNC2)c1)S(C)(=O)=O. The minimum atomic E-state index is -3.19. The predicted molar refractivity (Wildman–Crippen MR) is 74.5 cm³/mol. The third-order valence-electron chi connectivity index (χ3n) is 3.50. The molecule has 1 aromatic carbocycles. The molecule has 18 heavy (non-hydrogen) atoms. The molecule has 0 bridgehead atoms. The number of piperidine rings is 1. The Morgan fingerprint density at radius 1 is 1.39 bits per heavy atom. The van der Waals surface area contributed by atoms with Crippen LogP contribution in [0.2, 0.25) is 0 Å². The van der Waals surface area contributed by atoms with Gasteiger partial charge in [-0.25, -0.2) is 8.42 Å². The molecule has 1 unspecified atom stereocenters. The molecule has 4 nitrogen and oxygen atoms in total. The van der Waals surface area contributed by atoms with Crippen LogP contribution in [-0.2, 0) is 10.0 Å². The van der Waals surface area contributed by atoms with Crippen molar-refractivity contribution in [1.29, 1.82) is 0 Å². The Labute approximate surface area is 109 Å². The largest absolute Gasteiger partial charge is 0.316 e. The van der Waals surface area contributed by atoms with Crippen molar-refractivity contribution in [3.8, 4) is 0 Å². The summed E-state index contributed by atoms with van der Waals surface area (Å²) in [6.07, 6.45) is 3.57. The van der Waals surface area contributed by atoms with Gasteiger partial charge in [0.1, 0.15) is 0 Å². The fourth-order valence-electron chi connectivity index (χ4n) is 2.30. The number of hydrogen-bond donors (Lipinski definition) is 1. The van der Waals surface area contributed by atoms with Crippen LogP contribution in [0.5, 0.6) is 0 Å². The Morgan fingerprint density at radius 2 is 2.17 bits per heavy atom. The molecule has 0 amide bonds. The second-order valence-corrected chi connectivity index (χ2v) is 6.88. The van der Waals surface area contributed by atoms with Gasteiger partial charge >= 0.3 is 0 Å². The van der Waals surface area contributed by atoms with Crippen LogP contribution in [0, 0.1) is 0 Å². The van der Waals surface area contributed by atoms with E-state index in [9.17, 15) is 8.42 Å². The molecule has 1 heterocycles. The molecule has 1 saturated heterocycles. The molecule has 1 aliphatic rings. The van der Waals surface area contributed by atoms with Gasteiger partial charge in [-0.2, -0.15) is 0 Å². The lowest BCUT2D eigenvalue weighted by atomic mass is 9.91. The fourth-order valence-corrected chi connectivity index (χ4v) is 2.80. The quantitative estimate of drug-likeness (QED) is 0.905. The summed E-state index contributed by atoms with van der Waals surface area (Å²) in [5, 5.41) is 3.38. The van der Waals surface area contributed by atoms with Crippen LogP contribution in [0.25, 0.3) is 0 Å². The normalized spacial score (nSPS) is 20.7. The van der Waals surface area contributed by atoms with E-state index in [1.54, 1.807) is 7.05 Å². The highest BCUT2D eigenvalue weighted by atomic mass is 32.2. The number of sulfonamides is 1. The Hall–Kier alpha value is -1.07. The molecule has 0 saturated carbocycles. The lowest BCUT2D eigenvalue weighted by molar-refractivity contribution is 0.461. The molecule has 5 heteroatoms. The molecule has 1 N–H and O–H groups in total. The van der Waals surface area contributed by atoms with E-state index in [1.165, 1.54) is 29.0 Å². The Kier molecular flexibility index (Phi) is 3.92. The molecule has 0 aromatic heterocycles. The first kappa shape index (κ1) is 13.4. The number of hydrogen-bond acceptors (Lipinski definition) is 3. The van der Waals surface area contributed by atoms with Gasteiger partial charge in [0.15, 0.2) is 0 Å². The van der Waals surface area contributed by atoms with Crippen molar-refractivity contribution in [2.75, 3.05) is 30.7 Å². The minimum absolute atomic E-state index is 0.492. The molecular weight excluding hydrogens is 248 g/mol. The zero-order valence-electron chi connectivity index (χ0n) is 10.9. The van der Waals surface area contributed by atoms with Gasteiger partial charge in [0, 0.05) is 13.6 Å². The van der Waals surface area contributed by atoms with Crippen LogP contribution < -0.4 is 9.62 Å². The van der Waals surface area contributed by atoms with E-state index in [-0.39, 0.29) is 0 Å². The first-order valence-corrected chi connectivity index (χ1v) is 8.08. The number of nitrogens with zero attached hydrogens (tertiary/aromatic N) is 1. The van der Waals surface area contributed by atoms with Gasteiger partial charge in [-0.05, 0) is 43.0 Å². The zero-order chi connectivity index (χ0) is 13.2. The smallest absolute Gasteiger partial charge is 0.231 e. The third kappa shape index (κ3) is 3.03. The summed E-state index contributed by atoms with van der Waals surface area (Å²) < 4.78 is 24.4. The maximum absolute atomic E-state index is 11.5. The summed E-state index contributed by atoms with van der Waals surface area (Å²) in [7, 11) is -1.59. The van der Waals surface area contributed by atoms with Crippen LogP contribution in [0.15, 0.2) is 24.3 Å². The van der Waals surface area contributed by atoms with E-state index < -0.39 is 10.0 Å². The number of benzene rings is 1. The average molecular weight is 268 g/mol. The lowest BCUT2D eigenvalue weighted by Crippen LogP contribution is -2.29. The summed E-state index contributed by atoms with van der Waals surface area (Å²) in [5.74, 6) is 0.492. The zero-order valence-corrected chi connectivity index (χ0v) is 11.7. The van der Waals surface area contributed by atoms with Crippen molar-refractivity contribution in [1.82, 2.24) is 5.32 Å². The summed E-state index contributed by atoms with van der Waals surface area (Å²) >= 11 is 0. The van der Waals surface area contributed by atoms with Crippen molar-refractivity contribution < 1.29 is 8.42 Å². The van der Waals surface area contributed by atoms with Crippen molar-refractivity contribution in [3.63, 3.8) is 0 Å². The number of nitrogens with one attached hydrogen (secondary N) is 1. The van der Waals surface area contributed by atoms with E-state index in [1.807, 2.05) is 18.2 Å². The summed E-state index contributed by atoms with van der Waals surface area (Å²) in [6, 6.07) is 7.83. The Bertz CT molecular complexity index is 507. The van der Waals surface area contributed by atoms with E-state index >= 15 is 0 Å². The highest BCUT2D eigenvalue weighted by molar-refractivity contribution is 7.92. The second-order valence-electron chi connectivity index (χ2n) is 4.87. The minimum Gasteiger partial charge on any atom is -0.316 e. The molecular formula is C13H20N2O2S. The molecule has 0 spiro atoms. The van der Waals surface area contributed by atoms with Crippen molar-refractivity contribution in [3.05, 3.63) is 29.8 Å². The van der Waals surface area contributed by atoms with Crippen LogP contribution >= 0.6 is 0 Å². The second kappa shape index (κ2) is 5.28. The molecule has 1 fully saturated rings. The maximum atomic E-state index is 11.5. The highest BCUT2D eigenvalue weighted by Crippen LogP contribution is 2.27. The standard InChI is InChI=1S/C13H20N2O2S/c1-15(18(2,16)17)13-7-3-5-11(9-13)12-6-4-8-14-10-12/h3,5,7,9,12,14H,4,6,8,10H2,1-2H3. The van der Waals surface area contributed by atoms with E-state index in [4.69, 9.17) is 0 Å². The van der Waals surface area contributed by atoms with Gasteiger partial charge in [0.05, 0.1) is 11.9 Å². The van der Waals surface area contributed by atoms with Crippen LogP contribution in [0.4, 0.5) is 5.69 Å². The predicted octanol–water partition coefficient (Wildman–Crippen LogP) is 1.55. The van der Waals surface area contributed by atoms with Gasteiger partial charge in [-0.3, -0.25) is 4.31 Å². The topological polar surface area (TPSA) is 49.4 Å². The maximum Gasteiger partial charge on any atom is 0.231 e. The molecule has 1 aromatic rings. The van der Waals surface area contributed by atoms with Crippen molar-refractivity contribution in [2.45, 2.75) is 18.8 Å². The molecule has 0 aliphatic carbocycles. The first-order chi connectivity index (χ1) is 8.48. The van der Waals surface area contributed by atoms with Gasteiger partial charge in [0.2, 0.25) is 10.0 Å². The molecule has 1 atom stereocenters. The molecule has 100 valence electrons. The van der Waals surface area contributed by atoms with Crippen molar-refractivity contribution in [2.24, 2.45) is 0 Å². The van der Waals surface area contributed by atoms with Crippen molar-refractivity contribution >= 4 is 15.7 Å². The number of anilines is 1. The van der Waals surface area contributed by atoms with E-state index in [2.05, 4.69) is 11.4 Å². The van der Waals surface area contributed by atoms with E-state index in [0.717, 1.165) is 18.8 Å². The van der Waals surface area contributed by atoms with Crippen LogP contribution in [-0.4, -0.2) is 34.8 Å². The Balaban J connectivity index is 2.24. The fraction of sp³-hybridized carbons (Fsp3) is 0.538. The monoisotopic (exact) mass is 268 g/mol. The third-order valence-corrected chi connectivity index (χ3v) is 4.71. The molecule has 1 aliphatic heterocycles.